The van der Waals surface area contributed by atoms with Crippen LogP contribution in [-0.4, -0.2) is 64.4 Å². The van der Waals surface area contributed by atoms with Gasteiger partial charge in [-0.25, -0.2) is 9.13 Å². The monoisotopic (exact) mass is 531 g/mol. The molecule has 1 aliphatic rings. The van der Waals surface area contributed by atoms with Gasteiger partial charge in [-0.1, -0.05) is 41.4 Å². The van der Waals surface area contributed by atoms with E-state index in [1.54, 1.807) is 10.8 Å². The Morgan fingerprint density at radius 1 is 1.16 bits per heavy atom. The van der Waals surface area contributed by atoms with Crippen LogP contribution in [0.25, 0.3) is 22.4 Å². The molecule has 37 heavy (non-hydrogen) atoms. The summed E-state index contributed by atoms with van der Waals surface area (Å²) in [5.74, 6) is -0.174. The molecule has 4 aromatic rings. The van der Waals surface area contributed by atoms with E-state index in [1.165, 1.54) is 10.9 Å². The van der Waals surface area contributed by atoms with Crippen molar-refractivity contribution in [3.05, 3.63) is 70.9 Å². The normalized spacial score (nSPS) is 22.1. The fraction of sp³-hybridized carbons (Fsp3) is 0.273. The van der Waals surface area contributed by atoms with E-state index in [1.807, 2.05) is 42.5 Å². The third-order valence-corrected chi connectivity index (χ3v) is 6.44. The van der Waals surface area contributed by atoms with Gasteiger partial charge >= 0.3 is 13.5 Å². The maximum Gasteiger partial charge on any atom is 0.469 e. The molecule has 4 atom stereocenters. The van der Waals surface area contributed by atoms with E-state index in [0.29, 0.717) is 0 Å². The highest BCUT2D eigenvalue weighted by Crippen LogP contribution is 2.37. The molecule has 1 aromatic carbocycles. The Bertz CT molecular complexity index is 1520. The number of aliphatic hydroxyl groups is 2. The second kappa shape index (κ2) is 9.76. The SMILES string of the molecule is Nc1nc2c(c(=O)[nH]1)n(Cc1ccc(-c3ccccc3)nc1)c[n+]2[C@@H]1O[C@H](COP(=O)(O)O)[C@@H](O)[C@H]1O. The largest absolute Gasteiger partial charge is 0.469 e. The lowest BCUT2D eigenvalue weighted by Gasteiger charge is -2.14. The van der Waals surface area contributed by atoms with Gasteiger partial charge in [0.15, 0.2) is 6.33 Å². The molecule has 0 saturated carbocycles. The first-order valence-corrected chi connectivity index (χ1v) is 12.7. The van der Waals surface area contributed by atoms with E-state index in [0.717, 1.165) is 16.8 Å². The molecule has 0 radical (unpaired) electrons. The van der Waals surface area contributed by atoms with Gasteiger partial charge < -0.3 is 30.5 Å². The summed E-state index contributed by atoms with van der Waals surface area (Å²) in [6.45, 7) is -0.468. The van der Waals surface area contributed by atoms with Crippen LogP contribution in [0, 0.1) is 0 Å². The summed E-state index contributed by atoms with van der Waals surface area (Å²) in [7, 11) is -4.83. The summed E-state index contributed by atoms with van der Waals surface area (Å²) in [6.07, 6.45) is -2.41. The lowest BCUT2D eigenvalue weighted by Crippen LogP contribution is -2.46. The van der Waals surface area contributed by atoms with Gasteiger partial charge in [-0.05, 0) is 6.07 Å². The molecule has 1 aliphatic heterocycles. The van der Waals surface area contributed by atoms with E-state index < -0.39 is 44.5 Å². The van der Waals surface area contributed by atoms with Crippen LogP contribution in [0.3, 0.4) is 0 Å². The molecule has 7 N–H and O–H groups in total. The highest BCUT2D eigenvalue weighted by molar-refractivity contribution is 7.46. The first-order valence-electron chi connectivity index (χ1n) is 11.1. The van der Waals surface area contributed by atoms with E-state index in [4.69, 9.17) is 20.3 Å². The maximum atomic E-state index is 12.8. The number of nitrogens with one attached hydrogen (secondary N) is 1. The second-order valence-electron chi connectivity index (χ2n) is 8.52. The van der Waals surface area contributed by atoms with Crippen molar-refractivity contribution in [1.29, 1.82) is 0 Å². The van der Waals surface area contributed by atoms with E-state index >= 15 is 0 Å². The number of H-pyrrole nitrogens is 1. The predicted octanol–water partition coefficient (Wildman–Crippen LogP) is -0.567. The molecule has 4 heterocycles. The van der Waals surface area contributed by atoms with Crippen molar-refractivity contribution in [2.24, 2.45) is 0 Å². The van der Waals surface area contributed by atoms with Crippen molar-refractivity contribution in [2.45, 2.75) is 31.1 Å². The van der Waals surface area contributed by atoms with E-state index in [9.17, 15) is 19.6 Å². The van der Waals surface area contributed by atoms with Crippen LogP contribution < -0.4 is 15.9 Å². The number of benzene rings is 1. The quantitative estimate of drug-likeness (QED) is 0.131. The number of anilines is 1. The summed E-state index contributed by atoms with van der Waals surface area (Å²) in [5.41, 5.74) is 7.92. The second-order valence-corrected chi connectivity index (χ2v) is 9.76. The topological polar surface area (TPSA) is 210 Å². The molecule has 15 heteroatoms. The molecule has 5 rings (SSSR count). The van der Waals surface area contributed by atoms with Gasteiger partial charge in [0.1, 0.15) is 18.3 Å². The molecule has 0 amide bonds. The Labute approximate surface area is 208 Å². The number of nitrogens with two attached hydrogens (primary N) is 1. The van der Waals surface area contributed by atoms with Crippen LogP contribution >= 0.6 is 7.82 Å². The van der Waals surface area contributed by atoms with Gasteiger partial charge in [-0.3, -0.25) is 23.9 Å². The molecule has 1 fully saturated rings. The van der Waals surface area contributed by atoms with Crippen molar-refractivity contribution in [1.82, 2.24) is 19.5 Å². The minimum atomic E-state index is -4.83. The number of rotatable bonds is 7. The summed E-state index contributed by atoms with van der Waals surface area (Å²) in [5, 5.41) is 21.0. The molecule has 0 bridgehead atoms. The molecular formula is C22H24N6O8P+. The van der Waals surface area contributed by atoms with Gasteiger partial charge in [0.05, 0.1) is 18.8 Å². The zero-order valence-electron chi connectivity index (χ0n) is 19.2. The number of hydrogen-bond acceptors (Lipinski definition) is 9. The Morgan fingerprint density at radius 3 is 2.59 bits per heavy atom. The summed E-state index contributed by atoms with van der Waals surface area (Å²) < 4.78 is 24.0. The average Bonchev–Trinajstić information content (AvgIpc) is 3.35. The Kier molecular flexibility index (Phi) is 6.64. The van der Waals surface area contributed by atoms with Crippen LogP contribution in [-0.2, 0) is 20.4 Å². The van der Waals surface area contributed by atoms with Crippen LogP contribution in [0.4, 0.5) is 5.95 Å². The number of phosphoric ester groups is 1. The summed E-state index contributed by atoms with van der Waals surface area (Å²) in [4.78, 5) is 41.9. The van der Waals surface area contributed by atoms with Gasteiger partial charge in [0.2, 0.25) is 11.7 Å². The zero-order chi connectivity index (χ0) is 26.3. The zero-order valence-corrected chi connectivity index (χ0v) is 20.0. The first-order chi connectivity index (χ1) is 17.6. The average molecular weight is 531 g/mol. The highest BCUT2D eigenvalue weighted by atomic mass is 31.2. The van der Waals surface area contributed by atoms with Crippen molar-refractivity contribution in [3.63, 3.8) is 0 Å². The van der Waals surface area contributed by atoms with Crippen molar-refractivity contribution in [3.8, 4) is 11.3 Å². The smallest absolute Gasteiger partial charge is 0.387 e. The molecule has 0 spiro atoms. The molecule has 194 valence electrons. The van der Waals surface area contributed by atoms with Crippen LogP contribution in [0.15, 0.2) is 59.8 Å². The minimum Gasteiger partial charge on any atom is -0.387 e. The number of aromatic amines is 1. The standard InChI is InChI=1S/C22H23N6O8P/c23-22-25-19-16(20(31)26-22)27(9-12-6-7-14(24-8-12)13-4-2-1-3-5-13)11-28(19)21-18(30)17(29)15(36-21)10-35-37(32,33)34/h1-8,11,15,17-18,21,29-30H,9-10H2,(H4-,23,25,26,31,32,33,34)/p+1/t15-,17-,18-,21-/m1/s1. The minimum absolute atomic E-state index is 0.0721. The van der Waals surface area contributed by atoms with Gasteiger partial charge in [0, 0.05) is 17.3 Å². The number of imidazole rings is 1. The molecular weight excluding hydrogens is 507 g/mol. The van der Waals surface area contributed by atoms with Crippen molar-refractivity contribution < 1.29 is 38.4 Å². The number of aromatic nitrogens is 5. The Morgan fingerprint density at radius 2 is 1.92 bits per heavy atom. The Hall–Kier alpha value is -3.49. The lowest BCUT2D eigenvalue weighted by atomic mass is 10.1. The number of phosphoric acid groups is 1. The number of fused-ring (bicyclic) bond motifs is 1. The number of ether oxygens (including phenoxy) is 1. The summed E-state index contributed by atoms with van der Waals surface area (Å²) >= 11 is 0. The fourth-order valence-electron chi connectivity index (χ4n) is 4.24. The predicted molar refractivity (Wildman–Crippen MR) is 128 cm³/mol. The van der Waals surface area contributed by atoms with E-state index in [2.05, 4.69) is 19.5 Å². The van der Waals surface area contributed by atoms with Crippen molar-refractivity contribution >= 4 is 24.9 Å². The van der Waals surface area contributed by atoms with Crippen LogP contribution in [0.1, 0.15) is 11.8 Å². The molecule has 3 aromatic heterocycles. The molecule has 14 nitrogen and oxygen atoms in total. The molecule has 1 saturated heterocycles. The summed E-state index contributed by atoms with van der Waals surface area (Å²) in [6, 6.07) is 13.4. The fourth-order valence-corrected chi connectivity index (χ4v) is 4.58. The number of hydrogen-bond donors (Lipinski definition) is 6. The maximum absolute atomic E-state index is 12.8. The van der Waals surface area contributed by atoms with Gasteiger partial charge in [-0.2, -0.15) is 0 Å². The number of nitrogens with zero attached hydrogens (tertiary/aromatic N) is 4. The van der Waals surface area contributed by atoms with E-state index in [-0.39, 0.29) is 23.7 Å². The number of nitrogen functional groups attached to an aromatic ring is 1. The van der Waals surface area contributed by atoms with Gasteiger partial charge in [-0.15, -0.1) is 0 Å². The number of aliphatic hydroxyl groups excluding tert-OH is 2. The lowest BCUT2D eigenvalue weighted by molar-refractivity contribution is -0.745. The first kappa shape index (κ1) is 25.2. The van der Waals surface area contributed by atoms with Crippen LogP contribution in [0.2, 0.25) is 0 Å². The van der Waals surface area contributed by atoms with Crippen molar-refractivity contribution in [2.75, 3.05) is 12.3 Å². The Balaban J connectivity index is 1.48. The van der Waals surface area contributed by atoms with Crippen LogP contribution in [0.5, 0.6) is 0 Å². The third kappa shape index (κ3) is 5.17. The number of pyridine rings is 1. The third-order valence-electron chi connectivity index (χ3n) is 5.96. The van der Waals surface area contributed by atoms with Gasteiger partial charge in [0.25, 0.3) is 11.5 Å². The molecule has 0 aliphatic carbocycles. The highest BCUT2D eigenvalue weighted by Gasteiger charge is 2.47. The molecule has 0 unspecified atom stereocenters.